The Kier molecular flexibility index (Phi) is 7.70. The second kappa shape index (κ2) is 11.0. The summed E-state index contributed by atoms with van der Waals surface area (Å²) in [6.07, 6.45) is -1.27. The number of nitriles is 1. The second-order valence-corrected chi connectivity index (χ2v) is 8.88. The third-order valence-corrected chi connectivity index (χ3v) is 6.46. The number of hydrogen-bond acceptors (Lipinski definition) is 6. The van der Waals surface area contributed by atoms with Gasteiger partial charge in [-0.3, -0.25) is 19.1 Å². The number of anilines is 1. The quantitative estimate of drug-likeness (QED) is 0.457. The largest absolute Gasteiger partial charge is 0.435 e. The lowest BCUT2D eigenvalue weighted by Crippen LogP contribution is -2.48. The Morgan fingerprint density at radius 2 is 1.92 bits per heavy atom. The van der Waals surface area contributed by atoms with Crippen molar-refractivity contribution >= 4 is 23.9 Å². The van der Waals surface area contributed by atoms with Gasteiger partial charge in [-0.15, -0.1) is 0 Å². The van der Waals surface area contributed by atoms with E-state index in [9.17, 15) is 27.6 Å². The maximum atomic E-state index is 13.6. The summed E-state index contributed by atoms with van der Waals surface area (Å²) in [4.78, 5) is 44.3. The minimum absolute atomic E-state index is 0.00142. The van der Waals surface area contributed by atoms with Gasteiger partial charge >= 0.3 is 6.18 Å². The highest BCUT2D eigenvalue weighted by Gasteiger charge is 2.38. The lowest BCUT2D eigenvalue weighted by atomic mass is 10.0. The fourth-order valence-electron chi connectivity index (χ4n) is 4.40. The maximum absolute atomic E-state index is 13.6. The molecule has 3 heterocycles. The first-order valence-electron chi connectivity index (χ1n) is 12.0. The van der Waals surface area contributed by atoms with Gasteiger partial charge in [0.25, 0.3) is 11.8 Å². The number of aryl methyl sites for hydroxylation is 1. The van der Waals surface area contributed by atoms with Crippen molar-refractivity contribution in [3.05, 3.63) is 53.2 Å². The van der Waals surface area contributed by atoms with Crippen molar-refractivity contribution in [2.24, 2.45) is 7.05 Å². The van der Waals surface area contributed by atoms with Crippen LogP contribution in [-0.4, -0.2) is 73.5 Å². The molecule has 204 valence electrons. The average Bonchev–Trinajstić information content (AvgIpc) is 3.51. The van der Waals surface area contributed by atoms with E-state index in [1.807, 2.05) is 6.92 Å². The fourth-order valence-corrected chi connectivity index (χ4v) is 4.40. The molecule has 0 atom stereocenters. The molecular weight excluding hydrogens is 517 g/mol. The Balaban J connectivity index is 1.55. The summed E-state index contributed by atoms with van der Waals surface area (Å²) < 4.78 is 42.8. The van der Waals surface area contributed by atoms with E-state index in [1.165, 1.54) is 11.6 Å². The van der Waals surface area contributed by atoms with Gasteiger partial charge in [0.15, 0.2) is 11.5 Å². The van der Waals surface area contributed by atoms with Crippen LogP contribution in [0.1, 0.15) is 39.2 Å². The molecule has 1 aliphatic heterocycles. The molecule has 4 rings (SSSR count). The maximum Gasteiger partial charge on any atom is 0.435 e. The molecule has 39 heavy (non-hydrogen) atoms. The molecule has 1 saturated heterocycles. The molecule has 2 aromatic heterocycles. The van der Waals surface area contributed by atoms with Crippen LogP contribution in [-0.2, 0) is 31.0 Å². The molecular formula is C25H25F3N8O3. The molecule has 0 saturated carbocycles. The molecule has 0 radical (unpaired) electrons. The number of aromatic nitrogens is 4. The van der Waals surface area contributed by atoms with Crippen LogP contribution in [0.4, 0.5) is 18.9 Å². The van der Waals surface area contributed by atoms with E-state index in [0.29, 0.717) is 49.4 Å². The second-order valence-electron chi connectivity index (χ2n) is 8.88. The van der Waals surface area contributed by atoms with E-state index in [0.717, 1.165) is 23.5 Å². The zero-order valence-corrected chi connectivity index (χ0v) is 21.2. The molecule has 0 bridgehead atoms. The third kappa shape index (κ3) is 5.62. The predicted molar refractivity (Wildman–Crippen MR) is 132 cm³/mol. The predicted octanol–water partition coefficient (Wildman–Crippen LogP) is 2.55. The van der Waals surface area contributed by atoms with E-state index in [2.05, 4.69) is 15.4 Å². The zero-order valence-electron chi connectivity index (χ0n) is 21.2. The Morgan fingerprint density at radius 3 is 2.54 bits per heavy atom. The molecule has 3 aromatic rings. The zero-order chi connectivity index (χ0) is 28.3. The van der Waals surface area contributed by atoms with Crippen LogP contribution < -0.4 is 5.32 Å². The van der Waals surface area contributed by atoms with Crippen molar-refractivity contribution in [1.29, 1.82) is 5.26 Å². The van der Waals surface area contributed by atoms with Gasteiger partial charge in [-0.1, -0.05) is 6.92 Å². The molecule has 3 amide bonds. The van der Waals surface area contributed by atoms with E-state index >= 15 is 0 Å². The molecule has 11 nitrogen and oxygen atoms in total. The number of nitrogens with zero attached hydrogens (tertiary/aromatic N) is 7. The lowest BCUT2D eigenvalue weighted by Gasteiger charge is -2.33. The summed E-state index contributed by atoms with van der Waals surface area (Å²) in [6, 6.07) is 6.60. The number of nitrogens with one attached hydrogen (secondary N) is 1. The van der Waals surface area contributed by atoms with Gasteiger partial charge in [-0.25, -0.2) is 4.98 Å². The van der Waals surface area contributed by atoms with Crippen molar-refractivity contribution in [1.82, 2.24) is 29.1 Å². The summed E-state index contributed by atoms with van der Waals surface area (Å²) in [5, 5.41) is 15.0. The number of imidazole rings is 1. The van der Waals surface area contributed by atoms with Crippen molar-refractivity contribution in [2.75, 3.05) is 31.5 Å². The smallest absolute Gasteiger partial charge is 0.342 e. The number of halogens is 3. The van der Waals surface area contributed by atoms with Crippen LogP contribution in [0.2, 0.25) is 0 Å². The van der Waals surface area contributed by atoms with E-state index in [-0.39, 0.29) is 29.5 Å². The molecule has 1 aliphatic rings. The van der Waals surface area contributed by atoms with Gasteiger partial charge < -0.3 is 19.7 Å². The van der Waals surface area contributed by atoms with Gasteiger partial charge in [0.05, 0.1) is 23.5 Å². The fraction of sp³-hybridized carbons (Fsp3) is 0.360. The van der Waals surface area contributed by atoms with E-state index in [4.69, 9.17) is 5.26 Å². The van der Waals surface area contributed by atoms with Crippen molar-refractivity contribution in [3.63, 3.8) is 0 Å². The third-order valence-electron chi connectivity index (χ3n) is 6.46. The van der Waals surface area contributed by atoms with Crippen LogP contribution in [0.25, 0.3) is 11.3 Å². The SMILES string of the molecule is CCc1cc(NC(=O)c2ncc(-c3cn(CC#N)nc3C(F)(F)F)n2C)ccc1C(=O)N1CCN(C=O)CC1. The van der Waals surface area contributed by atoms with E-state index in [1.54, 1.807) is 34.1 Å². The number of piperazine rings is 1. The summed E-state index contributed by atoms with van der Waals surface area (Å²) in [5.41, 5.74) is 0.0902. The normalized spacial score (nSPS) is 13.7. The minimum atomic E-state index is -4.78. The summed E-state index contributed by atoms with van der Waals surface area (Å²) >= 11 is 0. The highest BCUT2D eigenvalue weighted by molar-refractivity contribution is 6.03. The molecule has 1 fully saturated rings. The van der Waals surface area contributed by atoms with Crippen molar-refractivity contribution in [2.45, 2.75) is 26.1 Å². The molecule has 14 heteroatoms. The van der Waals surface area contributed by atoms with Gasteiger partial charge in [0.1, 0.15) is 6.54 Å². The topological polar surface area (TPSA) is 129 Å². The molecule has 0 spiro atoms. The van der Waals surface area contributed by atoms with Crippen LogP contribution in [0.5, 0.6) is 0 Å². The van der Waals surface area contributed by atoms with Crippen molar-refractivity contribution < 1.29 is 27.6 Å². The van der Waals surface area contributed by atoms with Crippen molar-refractivity contribution in [3.8, 4) is 17.3 Å². The lowest BCUT2D eigenvalue weighted by molar-refractivity contribution is -0.141. The average molecular weight is 543 g/mol. The first-order chi connectivity index (χ1) is 18.6. The monoisotopic (exact) mass is 542 g/mol. The summed E-state index contributed by atoms with van der Waals surface area (Å²) in [5.74, 6) is -0.966. The summed E-state index contributed by atoms with van der Waals surface area (Å²) in [6.45, 7) is 3.26. The minimum Gasteiger partial charge on any atom is -0.342 e. The van der Waals surface area contributed by atoms with Gasteiger partial charge in [0, 0.05) is 50.7 Å². The first kappa shape index (κ1) is 27.4. The van der Waals surface area contributed by atoms with Crippen LogP contribution >= 0.6 is 0 Å². The number of carbonyl (C=O) groups excluding carboxylic acids is 3. The number of alkyl halides is 3. The molecule has 1 aromatic carbocycles. The van der Waals surface area contributed by atoms with Gasteiger partial charge in [0.2, 0.25) is 6.41 Å². The first-order valence-corrected chi connectivity index (χ1v) is 12.0. The van der Waals surface area contributed by atoms with Gasteiger partial charge in [-0.2, -0.15) is 23.5 Å². The highest BCUT2D eigenvalue weighted by Crippen LogP contribution is 2.36. The Morgan fingerprint density at radius 1 is 1.21 bits per heavy atom. The number of amides is 3. The number of hydrogen-bond donors (Lipinski definition) is 1. The molecule has 1 N–H and O–H groups in total. The van der Waals surface area contributed by atoms with E-state index < -0.39 is 17.8 Å². The highest BCUT2D eigenvalue weighted by atomic mass is 19.4. The molecule has 0 aliphatic carbocycles. The number of rotatable bonds is 7. The van der Waals surface area contributed by atoms with Crippen LogP contribution in [0.3, 0.4) is 0 Å². The van der Waals surface area contributed by atoms with Crippen LogP contribution in [0, 0.1) is 11.3 Å². The Bertz CT molecular complexity index is 1450. The Hall–Kier alpha value is -4.67. The standard InChI is InChI=1S/C25H25F3N8O3/c1-3-16-12-17(4-5-18(16)24(39)35-10-8-34(15-37)9-11-35)31-23(38)22-30-13-20(33(22)2)19-14-36(7-6-29)32-21(19)25(26,27)28/h4-5,12-15H,3,7-11H2,1-2H3,(H,31,38). The molecule has 0 unspecified atom stereocenters. The number of benzene rings is 1. The summed E-state index contributed by atoms with van der Waals surface area (Å²) in [7, 11) is 1.41. The Labute approximate surface area is 221 Å². The van der Waals surface area contributed by atoms with Crippen LogP contribution in [0.15, 0.2) is 30.6 Å². The van der Waals surface area contributed by atoms with Gasteiger partial charge in [-0.05, 0) is 30.2 Å². The number of carbonyl (C=O) groups is 3.